The second-order valence-electron chi connectivity index (χ2n) is 6.30. The molecule has 1 aromatic heterocycles. The van der Waals surface area contributed by atoms with E-state index in [2.05, 4.69) is 15.3 Å². The fourth-order valence-corrected chi connectivity index (χ4v) is 3.30. The molecule has 2 heterocycles. The number of carbonyl (C=O) groups is 1. The van der Waals surface area contributed by atoms with Crippen molar-refractivity contribution in [2.75, 3.05) is 24.6 Å². The topological polar surface area (TPSA) is 102 Å². The van der Waals surface area contributed by atoms with Gasteiger partial charge in [0, 0.05) is 31.5 Å². The van der Waals surface area contributed by atoms with E-state index in [0.29, 0.717) is 16.7 Å². The summed E-state index contributed by atoms with van der Waals surface area (Å²) < 4.78 is 40.2. The molecule has 1 saturated heterocycles. The molecule has 0 spiro atoms. The molecule has 1 aliphatic rings. The Hall–Kier alpha value is -2.93. The number of nitrogens with one attached hydrogen (secondary N) is 1. The number of halogens is 3. The smallest absolute Gasteiger partial charge is 0.387 e. The van der Waals surface area contributed by atoms with Crippen LogP contribution in [-0.4, -0.2) is 52.9 Å². The maximum atomic E-state index is 13.4. The molecule has 27 heavy (non-hydrogen) atoms. The summed E-state index contributed by atoms with van der Waals surface area (Å²) in [6.07, 6.45) is -1.89. The molecule has 0 aliphatic carbocycles. The predicted octanol–water partition coefficient (Wildman–Crippen LogP) is 1.37. The van der Waals surface area contributed by atoms with Crippen LogP contribution >= 0.6 is 0 Å². The zero-order valence-corrected chi connectivity index (χ0v) is 14.1. The van der Waals surface area contributed by atoms with Gasteiger partial charge in [-0.3, -0.25) is 14.8 Å². The Morgan fingerprint density at radius 3 is 2.63 bits per heavy atom. The minimum atomic E-state index is -4.44. The summed E-state index contributed by atoms with van der Waals surface area (Å²) in [6.45, 7) is -0.971. The summed E-state index contributed by atoms with van der Waals surface area (Å²) in [5.74, 6) is -2.38. The number of fused-ring (bicyclic) bond motifs is 1. The quantitative estimate of drug-likeness (QED) is 0.835. The van der Waals surface area contributed by atoms with Crippen LogP contribution in [0.25, 0.3) is 11.0 Å². The predicted molar refractivity (Wildman–Crippen MR) is 89.6 cm³/mol. The number of nitriles is 1. The Morgan fingerprint density at radius 2 is 2.00 bits per heavy atom. The molecular weight excluding hydrogens is 363 g/mol. The molecule has 7 nitrogen and oxygen atoms in total. The first-order valence-electron chi connectivity index (χ1n) is 8.19. The maximum absolute atomic E-state index is 13.4. The molecule has 1 amide bonds. The van der Waals surface area contributed by atoms with Crippen LogP contribution in [0.5, 0.6) is 0 Å². The molecule has 1 aromatic carbocycles. The molecule has 0 saturated carbocycles. The van der Waals surface area contributed by atoms with Crippen LogP contribution in [0.3, 0.4) is 0 Å². The molecule has 1 aliphatic heterocycles. The number of aliphatic hydroxyl groups is 1. The van der Waals surface area contributed by atoms with Gasteiger partial charge in [0.25, 0.3) is 0 Å². The number of rotatable bonds is 3. The summed E-state index contributed by atoms with van der Waals surface area (Å²) in [5.41, 5.74) is 1.32. The molecule has 0 unspecified atom stereocenters. The Balaban J connectivity index is 2.00. The number of carbonyl (C=O) groups excluding carboxylic acids is 1. The van der Waals surface area contributed by atoms with E-state index >= 15 is 0 Å². The molecule has 2 atom stereocenters. The minimum Gasteiger partial charge on any atom is -0.387 e. The van der Waals surface area contributed by atoms with Crippen molar-refractivity contribution in [2.45, 2.75) is 18.6 Å². The molecular formula is C17H16F3N5O2. The number of alkyl halides is 3. The maximum Gasteiger partial charge on any atom is 0.393 e. The first-order chi connectivity index (χ1) is 12.8. The van der Waals surface area contributed by atoms with Crippen LogP contribution in [0.1, 0.15) is 12.0 Å². The Labute approximate surface area is 152 Å². The van der Waals surface area contributed by atoms with Crippen molar-refractivity contribution in [2.24, 2.45) is 5.92 Å². The van der Waals surface area contributed by atoms with Crippen molar-refractivity contribution in [3.05, 3.63) is 30.1 Å². The van der Waals surface area contributed by atoms with Gasteiger partial charge in [0.15, 0.2) is 0 Å². The highest BCUT2D eigenvalue weighted by Crippen LogP contribution is 2.36. The summed E-state index contributed by atoms with van der Waals surface area (Å²) in [7, 11) is 0. The molecule has 0 bridgehead atoms. The van der Waals surface area contributed by atoms with Crippen molar-refractivity contribution in [3.8, 4) is 6.07 Å². The molecule has 3 rings (SSSR count). The molecule has 10 heteroatoms. The zero-order chi connectivity index (χ0) is 19.6. The van der Waals surface area contributed by atoms with E-state index < -0.39 is 30.7 Å². The van der Waals surface area contributed by atoms with Gasteiger partial charge in [-0.1, -0.05) is 0 Å². The van der Waals surface area contributed by atoms with Crippen LogP contribution in [0.2, 0.25) is 0 Å². The highest BCUT2D eigenvalue weighted by atomic mass is 19.4. The fraction of sp³-hybridized carbons (Fsp3) is 0.412. The number of anilines is 1. The van der Waals surface area contributed by atoms with Gasteiger partial charge in [0.2, 0.25) is 5.91 Å². The number of aromatic nitrogens is 2. The van der Waals surface area contributed by atoms with Gasteiger partial charge in [-0.25, -0.2) is 0 Å². The molecule has 0 radical (unpaired) electrons. The second kappa shape index (κ2) is 7.36. The number of aliphatic hydroxyl groups excluding tert-OH is 1. The minimum absolute atomic E-state index is 0.121. The van der Waals surface area contributed by atoms with Crippen LogP contribution < -0.4 is 10.2 Å². The first kappa shape index (κ1) is 18.8. The number of piperidine rings is 1. The van der Waals surface area contributed by atoms with E-state index in [1.54, 1.807) is 6.07 Å². The summed E-state index contributed by atoms with van der Waals surface area (Å²) in [4.78, 5) is 21.3. The Morgan fingerprint density at radius 1 is 1.30 bits per heavy atom. The molecule has 2 N–H and O–H groups in total. The standard InChI is InChI=1S/C17H16F3N5O2/c18-17(19,20)11-5-12(24-14(27)9-26)8-25(7-11)13-2-1-10(6-21)15-16(13)23-4-3-22-15/h1-4,11-12,26H,5,7-9H2,(H,24,27)/t11-,12+/m0/s1. The van der Waals surface area contributed by atoms with E-state index in [0.717, 1.165) is 0 Å². The lowest BCUT2D eigenvalue weighted by atomic mass is 9.92. The average Bonchev–Trinajstić information content (AvgIpc) is 2.66. The molecule has 2 aromatic rings. The third-order valence-corrected chi connectivity index (χ3v) is 4.49. The summed E-state index contributed by atoms with van der Waals surface area (Å²) >= 11 is 0. The lowest BCUT2D eigenvalue weighted by molar-refractivity contribution is -0.178. The van der Waals surface area contributed by atoms with E-state index in [-0.39, 0.29) is 25.1 Å². The highest BCUT2D eigenvalue weighted by Gasteiger charge is 2.45. The number of hydrogen-bond donors (Lipinski definition) is 2. The summed E-state index contributed by atoms with van der Waals surface area (Å²) in [5, 5.41) is 20.5. The third-order valence-electron chi connectivity index (χ3n) is 4.49. The Kier molecular flexibility index (Phi) is 5.14. The van der Waals surface area contributed by atoms with Crippen LogP contribution in [0.4, 0.5) is 18.9 Å². The van der Waals surface area contributed by atoms with Crippen molar-refractivity contribution >= 4 is 22.6 Å². The average molecular weight is 379 g/mol. The first-order valence-corrected chi connectivity index (χ1v) is 8.19. The van der Waals surface area contributed by atoms with Gasteiger partial charge in [0.1, 0.15) is 23.7 Å². The van der Waals surface area contributed by atoms with Crippen LogP contribution in [0.15, 0.2) is 24.5 Å². The van der Waals surface area contributed by atoms with Crippen molar-refractivity contribution < 1.29 is 23.1 Å². The monoisotopic (exact) mass is 379 g/mol. The van der Waals surface area contributed by atoms with E-state index in [9.17, 15) is 23.2 Å². The molecule has 1 fully saturated rings. The van der Waals surface area contributed by atoms with Crippen LogP contribution in [0, 0.1) is 17.2 Å². The number of hydrogen-bond acceptors (Lipinski definition) is 6. The van der Waals surface area contributed by atoms with E-state index in [1.807, 2.05) is 6.07 Å². The largest absolute Gasteiger partial charge is 0.393 e. The number of nitrogens with zero attached hydrogens (tertiary/aromatic N) is 4. The van der Waals surface area contributed by atoms with Gasteiger partial charge in [-0.05, 0) is 18.6 Å². The Bertz CT molecular complexity index is 896. The van der Waals surface area contributed by atoms with Crippen molar-refractivity contribution in [3.63, 3.8) is 0 Å². The lowest BCUT2D eigenvalue weighted by Crippen LogP contribution is -2.54. The normalized spacial score (nSPS) is 20.3. The molecule has 142 valence electrons. The van der Waals surface area contributed by atoms with Gasteiger partial charge in [-0.2, -0.15) is 18.4 Å². The van der Waals surface area contributed by atoms with Crippen LogP contribution in [-0.2, 0) is 4.79 Å². The van der Waals surface area contributed by atoms with Crippen molar-refractivity contribution in [1.29, 1.82) is 5.26 Å². The van der Waals surface area contributed by atoms with Gasteiger partial charge in [0.05, 0.1) is 17.2 Å². The van der Waals surface area contributed by atoms with E-state index in [4.69, 9.17) is 5.11 Å². The van der Waals surface area contributed by atoms with Gasteiger partial charge >= 0.3 is 6.18 Å². The third kappa shape index (κ3) is 3.93. The van der Waals surface area contributed by atoms with Crippen molar-refractivity contribution in [1.82, 2.24) is 15.3 Å². The summed E-state index contributed by atoms with van der Waals surface area (Å²) in [6, 6.07) is 4.24. The second-order valence-corrected chi connectivity index (χ2v) is 6.30. The number of benzene rings is 1. The van der Waals surface area contributed by atoms with Gasteiger partial charge in [-0.15, -0.1) is 0 Å². The van der Waals surface area contributed by atoms with Gasteiger partial charge < -0.3 is 15.3 Å². The highest BCUT2D eigenvalue weighted by molar-refractivity contribution is 5.92. The SMILES string of the molecule is N#Cc1ccc(N2C[C@H](NC(=O)CO)C[C@H](C(F)(F)F)C2)c2nccnc12. The number of amides is 1. The van der Waals surface area contributed by atoms with E-state index in [1.165, 1.54) is 23.4 Å². The lowest BCUT2D eigenvalue weighted by Gasteiger charge is -2.40. The fourth-order valence-electron chi connectivity index (χ4n) is 3.30. The zero-order valence-electron chi connectivity index (χ0n) is 14.1.